The lowest BCUT2D eigenvalue weighted by Crippen LogP contribution is -2.24. The summed E-state index contributed by atoms with van der Waals surface area (Å²) in [5, 5.41) is 3.27. The Bertz CT molecular complexity index is 128. The Morgan fingerprint density at radius 1 is 1.27 bits per heavy atom. The standard InChI is InChI=1S/C10H17N/c1-2-8-11-9-10-6-4-3-5-7-10/h1,10-11H,3-9H2. The topological polar surface area (TPSA) is 12.0 Å². The van der Waals surface area contributed by atoms with Crippen LogP contribution in [-0.4, -0.2) is 13.1 Å². The second-order valence-electron chi connectivity index (χ2n) is 3.34. The van der Waals surface area contributed by atoms with Gasteiger partial charge in [-0.05, 0) is 25.3 Å². The summed E-state index contributed by atoms with van der Waals surface area (Å²) >= 11 is 0. The van der Waals surface area contributed by atoms with Crippen LogP contribution in [0.1, 0.15) is 32.1 Å². The van der Waals surface area contributed by atoms with Gasteiger partial charge in [0.1, 0.15) is 0 Å². The SMILES string of the molecule is C#CCNCC1CCCCC1. The normalized spacial score (nSPS) is 19.5. The Kier molecular flexibility index (Phi) is 4.08. The Morgan fingerprint density at radius 3 is 2.64 bits per heavy atom. The quantitative estimate of drug-likeness (QED) is 0.479. The largest absolute Gasteiger partial charge is 0.306 e. The van der Waals surface area contributed by atoms with Gasteiger partial charge in [-0.1, -0.05) is 25.2 Å². The van der Waals surface area contributed by atoms with Crippen LogP contribution in [0.5, 0.6) is 0 Å². The molecule has 0 saturated heterocycles. The van der Waals surface area contributed by atoms with Gasteiger partial charge < -0.3 is 5.32 Å². The summed E-state index contributed by atoms with van der Waals surface area (Å²) in [5.74, 6) is 3.50. The fourth-order valence-corrected chi connectivity index (χ4v) is 1.74. The van der Waals surface area contributed by atoms with Crippen molar-refractivity contribution in [3.05, 3.63) is 0 Å². The molecule has 1 saturated carbocycles. The highest BCUT2D eigenvalue weighted by atomic mass is 14.8. The lowest BCUT2D eigenvalue weighted by Gasteiger charge is -2.21. The molecule has 1 aliphatic rings. The first kappa shape index (κ1) is 8.62. The summed E-state index contributed by atoms with van der Waals surface area (Å²) in [5.41, 5.74) is 0. The second-order valence-corrected chi connectivity index (χ2v) is 3.34. The minimum atomic E-state index is 0.733. The van der Waals surface area contributed by atoms with E-state index in [9.17, 15) is 0 Å². The number of nitrogens with one attached hydrogen (secondary N) is 1. The van der Waals surface area contributed by atoms with Crippen molar-refractivity contribution in [2.45, 2.75) is 32.1 Å². The Labute approximate surface area is 69.6 Å². The Balaban J connectivity index is 2.01. The van der Waals surface area contributed by atoms with Gasteiger partial charge in [0.2, 0.25) is 0 Å². The minimum absolute atomic E-state index is 0.733. The van der Waals surface area contributed by atoms with Crippen LogP contribution in [-0.2, 0) is 0 Å². The van der Waals surface area contributed by atoms with Gasteiger partial charge in [0, 0.05) is 0 Å². The van der Waals surface area contributed by atoms with E-state index in [1.54, 1.807) is 0 Å². The number of terminal acetylenes is 1. The molecule has 1 nitrogen and oxygen atoms in total. The van der Waals surface area contributed by atoms with Gasteiger partial charge in [-0.2, -0.15) is 0 Å². The smallest absolute Gasteiger partial charge is 0.0573 e. The zero-order valence-electron chi connectivity index (χ0n) is 7.10. The number of hydrogen-bond donors (Lipinski definition) is 1. The van der Waals surface area contributed by atoms with Crippen molar-refractivity contribution in [2.75, 3.05) is 13.1 Å². The van der Waals surface area contributed by atoms with E-state index < -0.39 is 0 Å². The van der Waals surface area contributed by atoms with Crippen LogP contribution >= 0.6 is 0 Å². The molecule has 0 radical (unpaired) electrons. The van der Waals surface area contributed by atoms with E-state index in [-0.39, 0.29) is 0 Å². The van der Waals surface area contributed by atoms with E-state index in [2.05, 4.69) is 11.2 Å². The summed E-state index contributed by atoms with van der Waals surface area (Å²) in [7, 11) is 0. The lowest BCUT2D eigenvalue weighted by molar-refractivity contribution is 0.347. The molecule has 0 unspecified atom stereocenters. The molecule has 0 aromatic carbocycles. The van der Waals surface area contributed by atoms with Crippen molar-refractivity contribution >= 4 is 0 Å². The minimum Gasteiger partial charge on any atom is -0.306 e. The maximum atomic E-state index is 5.13. The van der Waals surface area contributed by atoms with E-state index in [0.29, 0.717) is 0 Å². The highest BCUT2D eigenvalue weighted by Crippen LogP contribution is 2.22. The van der Waals surface area contributed by atoms with Gasteiger partial charge in [0.15, 0.2) is 0 Å². The van der Waals surface area contributed by atoms with Crippen LogP contribution < -0.4 is 5.32 Å². The molecule has 0 aliphatic heterocycles. The summed E-state index contributed by atoms with van der Waals surface area (Å²) < 4.78 is 0. The van der Waals surface area contributed by atoms with Crippen molar-refractivity contribution in [2.24, 2.45) is 5.92 Å². The van der Waals surface area contributed by atoms with Crippen LogP contribution in [0.25, 0.3) is 0 Å². The molecule has 1 heteroatoms. The molecule has 62 valence electrons. The van der Waals surface area contributed by atoms with Gasteiger partial charge in [-0.3, -0.25) is 0 Å². The summed E-state index contributed by atoms with van der Waals surface area (Å²) in [6, 6.07) is 0. The van der Waals surface area contributed by atoms with Crippen LogP contribution in [0.2, 0.25) is 0 Å². The predicted molar refractivity (Wildman–Crippen MR) is 48.3 cm³/mol. The molecule has 0 aromatic rings. The number of hydrogen-bond acceptors (Lipinski definition) is 1. The predicted octanol–water partition coefficient (Wildman–Crippen LogP) is 1.79. The van der Waals surface area contributed by atoms with Crippen molar-refractivity contribution in [3.63, 3.8) is 0 Å². The first-order valence-corrected chi connectivity index (χ1v) is 4.57. The average molecular weight is 151 g/mol. The monoisotopic (exact) mass is 151 g/mol. The van der Waals surface area contributed by atoms with Crippen LogP contribution in [0.15, 0.2) is 0 Å². The molecule has 1 rings (SSSR count). The van der Waals surface area contributed by atoms with Crippen molar-refractivity contribution < 1.29 is 0 Å². The lowest BCUT2D eigenvalue weighted by atomic mass is 9.89. The number of rotatable bonds is 3. The Morgan fingerprint density at radius 2 is 2.00 bits per heavy atom. The van der Waals surface area contributed by atoms with Crippen LogP contribution in [0, 0.1) is 18.3 Å². The van der Waals surface area contributed by atoms with Gasteiger partial charge in [0.25, 0.3) is 0 Å². The summed E-state index contributed by atoms with van der Waals surface area (Å²) in [6.45, 7) is 1.86. The summed E-state index contributed by atoms with van der Waals surface area (Å²) in [4.78, 5) is 0. The van der Waals surface area contributed by atoms with Gasteiger partial charge in [0.05, 0.1) is 6.54 Å². The van der Waals surface area contributed by atoms with E-state index in [4.69, 9.17) is 6.42 Å². The third kappa shape index (κ3) is 3.43. The zero-order chi connectivity index (χ0) is 7.94. The highest BCUT2D eigenvalue weighted by Gasteiger charge is 2.11. The van der Waals surface area contributed by atoms with E-state index >= 15 is 0 Å². The average Bonchev–Trinajstić information content (AvgIpc) is 2.07. The molecule has 1 N–H and O–H groups in total. The summed E-state index contributed by atoms with van der Waals surface area (Å²) in [6.07, 6.45) is 12.2. The fraction of sp³-hybridized carbons (Fsp3) is 0.800. The first-order chi connectivity index (χ1) is 5.43. The van der Waals surface area contributed by atoms with Crippen LogP contribution in [0.4, 0.5) is 0 Å². The van der Waals surface area contributed by atoms with E-state index in [1.165, 1.54) is 32.1 Å². The molecule has 0 bridgehead atoms. The third-order valence-electron chi connectivity index (χ3n) is 2.38. The maximum Gasteiger partial charge on any atom is 0.0573 e. The van der Waals surface area contributed by atoms with Crippen molar-refractivity contribution in [1.29, 1.82) is 0 Å². The van der Waals surface area contributed by atoms with Crippen molar-refractivity contribution in [1.82, 2.24) is 5.32 Å². The molecule has 0 amide bonds. The molecule has 0 aromatic heterocycles. The third-order valence-corrected chi connectivity index (χ3v) is 2.38. The Hall–Kier alpha value is -0.480. The van der Waals surface area contributed by atoms with E-state index in [0.717, 1.165) is 19.0 Å². The molecule has 0 spiro atoms. The van der Waals surface area contributed by atoms with Gasteiger partial charge in [-0.25, -0.2) is 0 Å². The maximum absolute atomic E-state index is 5.13. The van der Waals surface area contributed by atoms with Crippen LogP contribution in [0.3, 0.4) is 0 Å². The first-order valence-electron chi connectivity index (χ1n) is 4.57. The molecule has 1 fully saturated rings. The zero-order valence-corrected chi connectivity index (χ0v) is 7.10. The fourth-order valence-electron chi connectivity index (χ4n) is 1.74. The molecule has 1 aliphatic carbocycles. The van der Waals surface area contributed by atoms with E-state index in [1.807, 2.05) is 0 Å². The molecular weight excluding hydrogens is 134 g/mol. The van der Waals surface area contributed by atoms with Crippen molar-refractivity contribution in [3.8, 4) is 12.3 Å². The second kappa shape index (κ2) is 5.21. The van der Waals surface area contributed by atoms with Gasteiger partial charge in [-0.15, -0.1) is 6.42 Å². The van der Waals surface area contributed by atoms with Gasteiger partial charge >= 0.3 is 0 Å². The molecule has 0 heterocycles. The highest BCUT2D eigenvalue weighted by molar-refractivity contribution is 4.86. The molecule has 11 heavy (non-hydrogen) atoms. The molecular formula is C10H17N. The molecule has 0 atom stereocenters.